The lowest BCUT2D eigenvalue weighted by Crippen LogP contribution is -2.13. The number of aromatic nitrogens is 6. The number of carbonyl (C=O) groups is 1. The van der Waals surface area contributed by atoms with Gasteiger partial charge >= 0.3 is 5.97 Å². The van der Waals surface area contributed by atoms with Crippen LogP contribution in [0.15, 0.2) is 47.1 Å². The summed E-state index contributed by atoms with van der Waals surface area (Å²) in [7, 11) is 0. The molecule has 0 aliphatic carbocycles. The smallest absolute Gasteiger partial charge is 0.348 e. The Morgan fingerprint density at radius 3 is 2.82 bits per heavy atom. The summed E-state index contributed by atoms with van der Waals surface area (Å²) in [6.07, 6.45) is 5.19. The van der Waals surface area contributed by atoms with E-state index in [2.05, 4.69) is 31.7 Å². The van der Waals surface area contributed by atoms with E-state index in [9.17, 15) is 9.59 Å². The van der Waals surface area contributed by atoms with Crippen LogP contribution >= 0.6 is 23.1 Å². The summed E-state index contributed by atoms with van der Waals surface area (Å²) in [5, 5.41) is 9.56. The van der Waals surface area contributed by atoms with Crippen molar-refractivity contribution in [3.05, 3.63) is 63.8 Å². The van der Waals surface area contributed by atoms with Gasteiger partial charge in [0.05, 0.1) is 17.2 Å². The molecule has 1 N–H and O–H groups in total. The molecule has 4 aromatic rings. The zero-order chi connectivity index (χ0) is 23.5. The average Bonchev–Trinajstić information content (AvgIpc) is 3.36. The van der Waals surface area contributed by atoms with E-state index in [1.54, 1.807) is 32.3 Å². The van der Waals surface area contributed by atoms with Crippen molar-refractivity contribution in [3.63, 3.8) is 0 Å². The van der Waals surface area contributed by atoms with Gasteiger partial charge < -0.3 is 9.72 Å². The number of esters is 1. The van der Waals surface area contributed by atoms with Gasteiger partial charge in [0.2, 0.25) is 0 Å². The molecule has 170 valence electrons. The number of carbonyl (C=O) groups excluding carboxylic acids is 1. The molecule has 0 fully saturated rings. The molecule has 1 atom stereocenters. The van der Waals surface area contributed by atoms with Gasteiger partial charge in [0.25, 0.3) is 5.56 Å². The number of H-pyrrole nitrogens is 1. The van der Waals surface area contributed by atoms with Crippen LogP contribution in [0, 0.1) is 6.92 Å². The Labute approximate surface area is 198 Å². The van der Waals surface area contributed by atoms with Crippen molar-refractivity contribution in [3.8, 4) is 11.4 Å². The van der Waals surface area contributed by atoms with E-state index in [1.807, 2.05) is 23.6 Å². The number of thioether (sulfide) groups is 1. The Morgan fingerprint density at radius 2 is 2.12 bits per heavy atom. The monoisotopic (exact) mass is 482 g/mol. The molecule has 0 saturated heterocycles. The van der Waals surface area contributed by atoms with Crippen molar-refractivity contribution in [2.75, 3.05) is 6.61 Å². The second-order valence-corrected chi connectivity index (χ2v) is 9.42. The molecule has 0 aliphatic heterocycles. The maximum atomic E-state index is 12.8. The predicted octanol–water partition coefficient (Wildman–Crippen LogP) is 4.16. The first kappa shape index (κ1) is 22.9. The Kier molecular flexibility index (Phi) is 6.70. The SMILES string of the molecule is C=CCn1c(SC(C)c2nc3sc(C(=O)OCC)c(C)c3c(=O)[nH]2)nnc1-c1ccncc1. The van der Waals surface area contributed by atoms with E-state index >= 15 is 0 Å². The second-order valence-electron chi connectivity index (χ2n) is 7.11. The van der Waals surface area contributed by atoms with Gasteiger partial charge in [-0.2, -0.15) is 0 Å². The van der Waals surface area contributed by atoms with Crippen LogP contribution in [0.2, 0.25) is 0 Å². The minimum absolute atomic E-state index is 0.228. The average molecular weight is 483 g/mol. The van der Waals surface area contributed by atoms with E-state index in [4.69, 9.17) is 4.74 Å². The Balaban J connectivity index is 1.68. The fraction of sp³-hybridized carbons (Fsp3) is 0.273. The molecule has 4 rings (SSSR count). The number of pyridine rings is 1. The van der Waals surface area contributed by atoms with Crippen LogP contribution < -0.4 is 5.56 Å². The summed E-state index contributed by atoms with van der Waals surface area (Å²) >= 11 is 2.60. The number of ether oxygens (including phenoxy) is 1. The molecule has 0 radical (unpaired) electrons. The summed E-state index contributed by atoms with van der Waals surface area (Å²) < 4.78 is 7.06. The van der Waals surface area contributed by atoms with Gasteiger partial charge in [-0.05, 0) is 38.5 Å². The number of hydrogen-bond donors (Lipinski definition) is 1. The van der Waals surface area contributed by atoms with E-state index in [0.29, 0.717) is 44.0 Å². The van der Waals surface area contributed by atoms with Crippen LogP contribution in [0.25, 0.3) is 21.6 Å². The molecule has 4 aromatic heterocycles. The lowest BCUT2D eigenvalue weighted by atomic mass is 10.2. The van der Waals surface area contributed by atoms with Crippen molar-refractivity contribution in [1.82, 2.24) is 29.7 Å². The summed E-state index contributed by atoms with van der Waals surface area (Å²) in [4.78, 5) is 37.5. The number of allylic oxidation sites excluding steroid dienone is 1. The third-order valence-corrected chi connectivity index (χ3v) is 7.17. The minimum atomic E-state index is -0.442. The molecule has 1 unspecified atom stereocenters. The third-order valence-electron chi connectivity index (χ3n) is 4.91. The number of aromatic amines is 1. The van der Waals surface area contributed by atoms with Crippen LogP contribution in [0.3, 0.4) is 0 Å². The van der Waals surface area contributed by atoms with Crippen LogP contribution in [0.4, 0.5) is 0 Å². The van der Waals surface area contributed by atoms with E-state index in [1.165, 1.54) is 23.1 Å². The van der Waals surface area contributed by atoms with Crippen LogP contribution in [-0.4, -0.2) is 42.3 Å². The van der Waals surface area contributed by atoms with Gasteiger partial charge in [-0.3, -0.25) is 14.3 Å². The largest absolute Gasteiger partial charge is 0.462 e. The van der Waals surface area contributed by atoms with Gasteiger partial charge in [-0.1, -0.05) is 17.8 Å². The number of hydrogen-bond acceptors (Lipinski definition) is 9. The first-order valence-corrected chi connectivity index (χ1v) is 12.0. The van der Waals surface area contributed by atoms with Crippen LogP contribution in [0.5, 0.6) is 0 Å². The topological polar surface area (TPSA) is 116 Å². The fourth-order valence-electron chi connectivity index (χ4n) is 3.34. The zero-order valence-corrected chi connectivity index (χ0v) is 20.0. The number of fused-ring (bicyclic) bond motifs is 1. The van der Waals surface area contributed by atoms with Gasteiger partial charge in [-0.15, -0.1) is 28.1 Å². The maximum Gasteiger partial charge on any atom is 0.348 e. The standard InChI is InChI=1S/C22H22N6O3S2/c1-5-11-28-18(14-7-9-23-10-8-14)26-27-22(28)32-13(4)17-24-19(29)15-12(3)16(21(30)31-6-2)33-20(15)25-17/h5,7-10,13H,1,6,11H2,2-4H3,(H,24,25,29). The van der Waals surface area contributed by atoms with Crippen molar-refractivity contribution < 1.29 is 9.53 Å². The molecular weight excluding hydrogens is 460 g/mol. The quantitative estimate of drug-likeness (QED) is 0.226. The number of rotatable bonds is 8. The Morgan fingerprint density at radius 1 is 1.36 bits per heavy atom. The van der Waals surface area contributed by atoms with Crippen molar-refractivity contribution in [2.45, 2.75) is 37.7 Å². The maximum absolute atomic E-state index is 12.8. The minimum Gasteiger partial charge on any atom is -0.462 e. The molecule has 9 nitrogen and oxygen atoms in total. The zero-order valence-electron chi connectivity index (χ0n) is 18.4. The first-order valence-electron chi connectivity index (χ1n) is 10.3. The number of thiophene rings is 1. The van der Waals surface area contributed by atoms with Gasteiger partial charge in [0, 0.05) is 24.5 Å². The molecule has 0 aliphatic rings. The van der Waals surface area contributed by atoms with E-state index < -0.39 is 5.97 Å². The third kappa shape index (κ3) is 4.46. The molecule has 33 heavy (non-hydrogen) atoms. The Bertz CT molecular complexity index is 1380. The van der Waals surface area contributed by atoms with Crippen molar-refractivity contribution >= 4 is 39.3 Å². The second kappa shape index (κ2) is 9.67. The van der Waals surface area contributed by atoms with E-state index in [0.717, 1.165) is 5.56 Å². The summed E-state index contributed by atoms with van der Waals surface area (Å²) in [6, 6.07) is 3.74. The highest BCUT2D eigenvalue weighted by molar-refractivity contribution is 7.99. The number of aryl methyl sites for hydroxylation is 1. The summed E-state index contributed by atoms with van der Waals surface area (Å²) in [6.45, 7) is 10.0. The lowest BCUT2D eigenvalue weighted by molar-refractivity contribution is 0.0531. The fourth-order valence-corrected chi connectivity index (χ4v) is 5.34. The summed E-state index contributed by atoms with van der Waals surface area (Å²) in [5.74, 6) is 0.757. The normalized spacial score (nSPS) is 12.1. The highest BCUT2D eigenvalue weighted by Crippen LogP contribution is 2.35. The molecule has 0 bridgehead atoms. The number of nitrogens with one attached hydrogen (secondary N) is 1. The molecule has 4 heterocycles. The Hall–Kier alpha value is -3.31. The predicted molar refractivity (Wildman–Crippen MR) is 129 cm³/mol. The molecular formula is C22H22N6O3S2. The first-order chi connectivity index (χ1) is 15.9. The molecule has 0 aromatic carbocycles. The van der Waals surface area contributed by atoms with Crippen molar-refractivity contribution in [2.24, 2.45) is 0 Å². The lowest BCUT2D eigenvalue weighted by Gasteiger charge is -2.12. The van der Waals surface area contributed by atoms with Gasteiger partial charge in [-0.25, -0.2) is 9.78 Å². The van der Waals surface area contributed by atoms with Gasteiger partial charge in [0.15, 0.2) is 11.0 Å². The van der Waals surface area contributed by atoms with Crippen molar-refractivity contribution in [1.29, 1.82) is 0 Å². The molecule has 0 amide bonds. The highest BCUT2D eigenvalue weighted by Gasteiger charge is 2.23. The summed E-state index contributed by atoms with van der Waals surface area (Å²) in [5.41, 5.74) is 1.20. The van der Waals surface area contributed by atoms with Crippen LogP contribution in [-0.2, 0) is 11.3 Å². The van der Waals surface area contributed by atoms with Gasteiger partial charge in [0.1, 0.15) is 15.5 Å². The number of nitrogens with zero attached hydrogens (tertiary/aromatic N) is 5. The molecule has 0 spiro atoms. The molecule has 11 heteroatoms. The molecule has 0 saturated carbocycles. The van der Waals surface area contributed by atoms with E-state index in [-0.39, 0.29) is 17.4 Å². The van der Waals surface area contributed by atoms with Crippen LogP contribution in [0.1, 0.15) is 40.2 Å². The highest BCUT2D eigenvalue weighted by atomic mass is 32.2.